The molecular formula is C60H38N2O. The van der Waals surface area contributed by atoms with Crippen molar-refractivity contribution in [2.24, 2.45) is 0 Å². The predicted octanol–water partition coefficient (Wildman–Crippen LogP) is 16.9. The van der Waals surface area contributed by atoms with Crippen LogP contribution in [0.4, 0.5) is 17.1 Å². The molecule has 0 atom stereocenters. The maximum Gasteiger partial charge on any atom is 0.136 e. The Labute approximate surface area is 364 Å². The molecule has 63 heavy (non-hydrogen) atoms. The molecule has 0 radical (unpaired) electrons. The van der Waals surface area contributed by atoms with E-state index < -0.39 is 0 Å². The first-order valence-corrected chi connectivity index (χ1v) is 21.6. The molecule has 0 amide bonds. The van der Waals surface area contributed by atoms with E-state index in [4.69, 9.17) is 4.42 Å². The zero-order valence-corrected chi connectivity index (χ0v) is 34.2. The molecule has 0 aliphatic rings. The summed E-state index contributed by atoms with van der Waals surface area (Å²) in [6, 6.07) is 83.4. The zero-order chi connectivity index (χ0) is 41.4. The quantitative estimate of drug-likeness (QED) is 0.160. The van der Waals surface area contributed by atoms with E-state index >= 15 is 0 Å². The highest BCUT2D eigenvalue weighted by Gasteiger charge is 2.19. The average Bonchev–Trinajstić information content (AvgIpc) is 4.02. The van der Waals surface area contributed by atoms with Crippen LogP contribution in [0.3, 0.4) is 0 Å². The molecule has 3 aromatic heterocycles. The van der Waals surface area contributed by atoms with Crippen molar-refractivity contribution < 1.29 is 4.42 Å². The molecule has 3 heteroatoms. The summed E-state index contributed by atoms with van der Waals surface area (Å²) < 4.78 is 8.71. The number of para-hydroxylation sites is 3. The summed E-state index contributed by atoms with van der Waals surface area (Å²) in [5.74, 6) is 0. The van der Waals surface area contributed by atoms with Crippen LogP contribution < -0.4 is 4.90 Å². The summed E-state index contributed by atoms with van der Waals surface area (Å²) >= 11 is 0. The number of anilines is 3. The van der Waals surface area contributed by atoms with Crippen LogP contribution in [0.15, 0.2) is 235 Å². The van der Waals surface area contributed by atoms with Gasteiger partial charge in [0.15, 0.2) is 0 Å². The van der Waals surface area contributed by atoms with Gasteiger partial charge in [0.2, 0.25) is 0 Å². The van der Waals surface area contributed by atoms with Gasteiger partial charge in [0.25, 0.3) is 0 Å². The van der Waals surface area contributed by atoms with Gasteiger partial charge in [-0.3, -0.25) is 0 Å². The molecule has 0 aliphatic carbocycles. The van der Waals surface area contributed by atoms with Crippen molar-refractivity contribution in [3.05, 3.63) is 231 Å². The third-order valence-electron chi connectivity index (χ3n) is 13.0. The van der Waals surface area contributed by atoms with Crippen molar-refractivity contribution in [1.82, 2.24) is 4.40 Å². The Hall–Kier alpha value is -8.40. The summed E-state index contributed by atoms with van der Waals surface area (Å²) in [6.45, 7) is 0. The Bertz CT molecular complexity index is 3800. The molecule has 0 bridgehead atoms. The van der Waals surface area contributed by atoms with Gasteiger partial charge in [-0.05, 0) is 111 Å². The van der Waals surface area contributed by atoms with E-state index in [-0.39, 0.29) is 0 Å². The molecule has 0 saturated heterocycles. The van der Waals surface area contributed by atoms with E-state index in [0.717, 1.165) is 50.1 Å². The van der Waals surface area contributed by atoms with Crippen molar-refractivity contribution >= 4 is 77.1 Å². The fourth-order valence-corrected chi connectivity index (χ4v) is 9.86. The first kappa shape index (κ1) is 35.4. The molecule has 13 aromatic rings. The van der Waals surface area contributed by atoms with Crippen LogP contribution in [0.25, 0.3) is 105 Å². The van der Waals surface area contributed by atoms with Crippen LogP contribution in [0.5, 0.6) is 0 Å². The van der Waals surface area contributed by atoms with E-state index in [1.807, 2.05) is 12.1 Å². The molecule has 294 valence electrons. The van der Waals surface area contributed by atoms with E-state index in [9.17, 15) is 0 Å². The van der Waals surface area contributed by atoms with Crippen LogP contribution in [-0.4, -0.2) is 4.40 Å². The van der Waals surface area contributed by atoms with Gasteiger partial charge in [0.05, 0.1) is 16.6 Å². The van der Waals surface area contributed by atoms with Gasteiger partial charge in [-0.1, -0.05) is 164 Å². The first-order valence-electron chi connectivity index (χ1n) is 21.6. The van der Waals surface area contributed by atoms with Crippen molar-refractivity contribution in [3.63, 3.8) is 0 Å². The summed E-state index contributed by atoms with van der Waals surface area (Å²) in [5.41, 5.74) is 18.3. The number of fused-ring (bicyclic) bond motifs is 9. The number of benzene rings is 10. The lowest BCUT2D eigenvalue weighted by Crippen LogP contribution is -2.09. The summed E-state index contributed by atoms with van der Waals surface area (Å²) in [5, 5.41) is 7.46. The standard InChI is InChI=1S/C60H38N2O/c1-2-9-39(10-3-1)40-17-19-41(20-18-40)42-21-29-47(30-22-42)61(49-33-25-44(26-34-49)46-28-36-53-52-12-5-7-16-58(52)63-59(53)38-46)48-31-23-43(24-32-48)45-27-35-51-55-14-8-13-54-50-11-4-6-15-56(50)62(60(54)55)57(51)37-45/h1-38H. The van der Waals surface area contributed by atoms with Gasteiger partial charge in [0.1, 0.15) is 11.2 Å². The summed E-state index contributed by atoms with van der Waals surface area (Å²) in [4.78, 5) is 2.35. The number of hydrogen-bond donors (Lipinski definition) is 0. The Morgan fingerprint density at radius 2 is 0.683 bits per heavy atom. The second kappa shape index (κ2) is 14.1. The molecule has 13 rings (SSSR count). The lowest BCUT2D eigenvalue weighted by Gasteiger charge is -2.26. The minimum absolute atomic E-state index is 0.900. The van der Waals surface area contributed by atoms with Gasteiger partial charge < -0.3 is 13.7 Å². The zero-order valence-electron chi connectivity index (χ0n) is 34.2. The summed E-state index contributed by atoms with van der Waals surface area (Å²) in [7, 11) is 0. The number of rotatable bonds is 7. The van der Waals surface area contributed by atoms with Crippen molar-refractivity contribution in [3.8, 4) is 44.5 Å². The topological polar surface area (TPSA) is 20.8 Å². The average molecular weight is 803 g/mol. The van der Waals surface area contributed by atoms with Gasteiger partial charge in [-0.2, -0.15) is 0 Å². The fourth-order valence-electron chi connectivity index (χ4n) is 9.86. The number of furan rings is 1. The van der Waals surface area contributed by atoms with Crippen molar-refractivity contribution in [2.75, 3.05) is 4.90 Å². The summed E-state index contributed by atoms with van der Waals surface area (Å²) in [6.07, 6.45) is 0. The lowest BCUT2D eigenvalue weighted by molar-refractivity contribution is 0.669. The molecule has 3 nitrogen and oxygen atoms in total. The van der Waals surface area contributed by atoms with Crippen LogP contribution in [0.1, 0.15) is 0 Å². The van der Waals surface area contributed by atoms with Gasteiger partial charge in [-0.15, -0.1) is 0 Å². The maximum absolute atomic E-state index is 6.25. The largest absolute Gasteiger partial charge is 0.456 e. The monoisotopic (exact) mass is 802 g/mol. The minimum atomic E-state index is 0.900. The lowest BCUT2D eigenvalue weighted by atomic mass is 9.99. The van der Waals surface area contributed by atoms with E-state index in [0.29, 0.717) is 0 Å². The molecule has 0 spiro atoms. The molecule has 0 aliphatic heterocycles. The number of nitrogens with zero attached hydrogens (tertiary/aromatic N) is 2. The smallest absolute Gasteiger partial charge is 0.136 e. The highest BCUT2D eigenvalue weighted by atomic mass is 16.3. The fraction of sp³-hybridized carbons (Fsp3) is 0. The second-order valence-electron chi connectivity index (χ2n) is 16.5. The molecule has 0 N–H and O–H groups in total. The van der Waals surface area contributed by atoms with Crippen molar-refractivity contribution in [2.45, 2.75) is 0 Å². The third-order valence-corrected chi connectivity index (χ3v) is 13.0. The molecule has 3 heterocycles. The predicted molar refractivity (Wildman–Crippen MR) is 265 cm³/mol. The van der Waals surface area contributed by atoms with Gasteiger partial charge >= 0.3 is 0 Å². The Morgan fingerprint density at radius 1 is 0.270 bits per heavy atom. The normalized spacial score (nSPS) is 11.8. The van der Waals surface area contributed by atoms with E-state index in [1.54, 1.807) is 0 Å². The molecule has 0 saturated carbocycles. The number of aromatic nitrogens is 1. The van der Waals surface area contributed by atoms with Crippen LogP contribution >= 0.6 is 0 Å². The first-order chi connectivity index (χ1) is 31.2. The van der Waals surface area contributed by atoms with E-state index in [2.05, 4.69) is 228 Å². The van der Waals surface area contributed by atoms with E-state index in [1.165, 1.54) is 71.5 Å². The van der Waals surface area contributed by atoms with Crippen LogP contribution in [0.2, 0.25) is 0 Å². The van der Waals surface area contributed by atoms with Gasteiger partial charge in [-0.25, -0.2) is 0 Å². The molecule has 0 unspecified atom stereocenters. The Kier molecular flexibility index (Phi) is 7.91. The maximum atomic E-state index is 6.25. The SMILES string of the molecule is c1ccc(-c2ccc(-c3ccc(N(c4ccc(-c5ccc6c(c5)oc5ccccc56)cc4)c4ccc(-c5ccc6c7cccc8c9ccccc9n(c6c5)c87)cc4)cc3)cc2)cc1. The third kappa shape index (κ3) is 5.75. The highest BCUT2D eigenvalue weighted by Crippen LogP contribution is 2.42. The van der Waals surface area contributed by atoms with Gasteiger partial charge in [0, 0.05) is 49.4 Å². The highest BCUT2D eigenvalue weighted by molar-refractivity contribution is 6.23. The molecule has 0 fully saturated rings. The Balaban J connectivity index is 0.872. The molecular weight excluding hydrogens is 765 g/mol. The number of hydrogen-bond acceptors (Lipinski definition) is 2. The van der Waals surface area contributed by atoms with Crippen LogP contribution in [-0.2, 0) is 0 Å². The van der Waals surface area contributed by atoms with Crippen LogP contribution in [0, 0.1) is 0 Å². The Morgan fingerprint density at radius 3 is 1.30 bits per heavy atom. The molecule has 10 aromatic carbocycles. The van der Waals surface area contributed by atoms with Crippen molar-refractivity contribution in [1.29, 1.82) is 0 Å². The second-order valence-corrected chi connectivity index (χ2v) is 16.5. The minimum Gasteiger partial charge on any atom is -0.456 e.